The third-order valence-electron chi connectivity index (χ3n) is 5.80. The Balaban J connectivity index is 1.25. The number of aromatic nitrogens is 3. The highest BCUT2D eigenvalue weighted by Gasteiger charge is 2.25. The number of hydrogen-bond acceptors (Lipinski definition) is 5. The molecule has 0 unspecified atom stereocenters. The molecule has 0 radical (unpaired) electrons. The maximum Gasteiger partial charge on any atom is 0.191 e. The van der Waals surface area contributed by atoms with Crippen molar-refractivity contribution in [1.29, 1.82) is 0 Å². The van der Waals surface area contributed by atoms with Crippen molar-refractivity contribution in [2.75, 3.05) is 32.0 Å². The number of benzene rings is 1. The lowest BCUT2D eigenvalue weighted by molar-refractivity contribution is 0.129. The molecule has 1 aromatic carbocycles. The zero-order valence-electron chi connectivity index (χ0n) is 16.2. The molecule has 6 heteroatoms. The van der Waals surface area contributed by atoms with Crippen LogP contribution in [0.4, 0.5) is 0 Å². The second kappa shape index (κ2) is 9.22. The number of thioether (sulfide) groups is 1. The molecule has 4 rings (SSSR count). The first-order valence-electron chi connectivity index (χ1n) is 10.2. The third kappa shape index (κ3) is 4.92. The lowest BCUT2D eigenvalue weighted by atomic mass is 9.95. The smallest absolute Gasteiger partial charge is 0.191 e. The minimum atomic E-state index is 0.392. The summed E-state index contributed by atoms with van der Waals surface area (Å²) in [6.45, 7) is 4.38. The molecule has 0 saturated carbocycles. The monoisotopic (exact) mass is 386 g/mol. The van der Waals surface area contributed by atoms with Gasteiger partial charge in [-0.05, 0) is 50.8 Å². The number of rotatable bonds is 7. The highest BCUT2D eigenvalue weighted by Crippen LogP contribution is 2.29. The number of hydrogen-bond donors (Lipinski definition) is 0. The van der Waals surface area contributed by atoms with E-state index in [2.05, 4.69) is 57.0 Å². The fourth-order valence-corrected chi connectivity index (χ4v) is 5.08. The Morgan fingerprint density at radius 1 is 1.11 bits per heavy atom. The molecule has 5 nitrogen and oxygen atoms in total. The van der Waals surface area contributed by atoms with Crippen LogP contribution in [0.5, 0.6) is 0 Å². The van der Waals surface area contributed by atoms with Crippen molar-refractivity contribution >= 4 is 11.8 Å². The Bertz CT molecular complexity index is 706. The predicted molar refractivity (Wildman–Crippen MR) is 109 cm³/mol. The average molecular weight is 387 g/mol. The molecule has 0 bridgehead atoms. The van der Waals surface area contributed by atoms with E-state index >= 15 is 0 Å². The summed E-state index contributed by atoms with van der Waals surface area (Å²) in [7, 11) is 2.12. The summed E-state index contributed by atoms with van der Waals surface area (Å²) < 4.78 is 7.93. The molecule has 2 aliphatic heterocycles. The van der Waals surface area contributed by atoms with Crippen LogP contribution in [0.15, 0.2) is 35.5 Å². The van der Waals surface area contributed by atoms with Gasteiger partial charge in [0.15, 0.2) is 5.16 Å². The molecule has 0 aliphatic carbocycles. The van der Waals surface area contributed by atoms with E-state index in [1.54, 1.807) is 11.8 Å². The summed E-state index contributed by atoms with van der Waals surface area (Å²) in [6.07, 6.45) is 6.26. The van der Waals surface area contributed by atoms with Crippen molar-refractivity contribution in [2.45, 2.75) is 49.3 Å². The van der Waals surface area contributed by atoms with Crippen LogP contribution >= 0.6 is 11.8 Å². The van der Waals surface area contributed by atoms with Crippen molar-refractivity contribution in [3.8, 4) is 0 Å². The van der Waals surface area contributed by atoms with E-state index in [0.29, 0.717) is 12.0 Å². The lowest BCUT2D eigenvalue weighted by Crippen LogP contribution is -2.35. The number of nitrogens with zero attached hydrogens (tertiary/aromatic N) is 4. The first kappa shape index (κ1) is 19.0. The van der Waals surface area contributed by atoms with Crippen LogP contribution in [-0.2, 0) is 18.2 Å². The average Bonchev–Trinajstić information content (AvgIpc) is 3.36. The predicted octanol–water partition coefficient (Wildman–Crippen LogP) is 3.51. The van der Waals surface area contributed by atoms with Crippen LogP contribution in [0.25, 0.3) is 0 Å². The Hall–Kier alpha value is -1.37. The molecule has 0 N–H and O–H groups in total. The molecule has 2 aromatic rings. The van der Waals surface area contributed by atoms with Crippen molar-refractivity contribution < 1.29 is 4.74 Å². The van der Waals surface area contributed by atoms with Gasteiger partial charge in [-0.15, -0.1) is 10.2 Å². The van der Waals surface area contributed by atoms with E-state index in [1.165, 1.54) is 31.2 Å². The topological polar surface area (TPSA) is 43.2 Å². The summed E-state index contributed by atoms with van der Waals surface area (Å²) in [5.41, 5.74) is 1.43. The summed E-state index contributed by atoms with van der Waals surface area (Å²) in [5, 5.41) is 10.0. The van der Waals surface area contributed by atoms with E-state index in [-0.39, 0.29) is 0 Å². The Kier molecular flexibility index (Phi) is 6.47. The second-order valence-corrected chi connectivity index (χ2v) is 8.68. The Morgan fingerprint density at radius 3 is 2.67 bits per heavy atom. The quantitative estimate of drug-likeness (QED) is 0.681. The summed E-state index contributed by atoms with van der Waals surface area (Å²) in [5.74, 6) is 2.68. The highest BCUT2D eigenvalue weighted by atomic mass is 32.2. The minimum Gasteiger partial charge on any atom is -0.377 e. The van der Waals surface area contributed by atoms with Gasteiger partial charge in [-0.2, -0.15) is 0 Å². The van der Waals surface area contributed by atoms with Crippen LogP contribution in [0, 0.1) is 0 Å². The number of ether oxygens (including phenoxy) is 1. The molecule has 2 saturated heterocycles. The Labute approximate surface area is 166 Å². The van der Waals surface area contributed by atoms with Crippen LogP contribution in [0.3, 0.4) is 0 Å². The molecule has 2 aliphatic rings. The van der Waals surface area contributed by atoms with Crippen molar-refractivity contribution in [1.82, 2.24) is 19.7 Å². The minimum absolute atomic E-state index is 0.392. The first-order valence-corrected chi connectivity index (χ1v) is 11.2. The van der Waals surface area contributed by atoms with E-state index in [0.717, 1.165) is 49.4 Å². The largest absolute Gasteiger partial charge is 0.377 e. The van der Waals surface area contributed by atoms with Gasteiger partial charge < -0.3 is 14.2 Å². The van der Waals surface area contributed by atoms with Gasteiger partial charge in [-0.25, -0.2) is 0 Å². The number of piperidine rings is 1. The van der Waals surface area contributed by atoms with Crippen molar-refractivity contribution in [2.24, 2.45) is 7.05 Å². The molecular formula is C21H30N4OS. The van der Waals surface area contributed by atoms with Crippen molar-refractivity contribution in [3.05, 3.63) is 41.7 Å². The Morgan fingerprint density at radius 2 is 1.93 bits per heavy atom. The van der Waals surface area contributed by atoms with Crippen LogP contribution < -0.4 is 0 Å². The molecule has 1 aromatic heterocycles. The van der Waals surface area contributed by atoms with Crippen LogP contribution in [0.2, 0.25) is 0 Å². The molecule has 27 heavy (non-hydrogen) atoms. The summed E-state index contributed by atoms with van der Waals surface area (Å²) >= 11 is 1.79. The van der Waals surface area contributed by atoms with E-state index < -0.39 is 0 Å². The summed E-state index contributed by atoms with van der Waals surface area (Å²) in [4.78, 5) is 2.59. The maximum absolute atomic E-state index is 5.72. The molecule has 0 amide bonds. The van der Waals surface area contributed by atoms with Gasteiger partial charge in [0.1, 0.15) is 5.82 Å². The molecule has 2 fully saturated rings. The SMILES string of the molecule is Cn1c(SC[C@@H]2CCCO2)nnc1C1CCN(CCc2ccccc2)CC1. The summed E-state index contributed by atoms with van der Waals surface area (Å²) in [6, 6.07) is 10.8. The van der Waals surface area contributed by atoms with Gasteiger partial charge in [0.25, 0.3) is 0 Å². The first-order chi connectivity index (χ1) is 13.3. The second-order valence-electron chi connectivity index (χ2n) is 7.70. The van der Waals surface area contributed by atoms with E-state index in [9.17, 15) is 0 Å². The van der Waals surface area contributed by atoms with E-state index in [1.807, 2.05) is 0 Å². The van der Waals surface area contributed by atoms with Gasteiger partial charge in [-0.1, -0.05) is 42.1 Å². The van der Waals surface area contributed by atoms with Crippen LogP contribution in [-0.4, -0.2) is 57.8 Å². The molecule has 146 valence electrons. The maximum atomic E-state index is 5.72. The molecule has 1 atom stereocenters. The van der Waals surface area contributed by atoms with Gasteiger partial charge >= 0.3 is 0 Å². The van der Waals surface area contributed by atoms with Crippen molar-refractivity contribution in [3.63, 3.8) is 0 Å². The molecular weight excluding hydrogens is 356 g/mol. The zero-order valence-corrected chi connectivity index (χ0v) is 17.0. The zero-order chi connectivity index (χ0) is 18.5. The molecule has 0 spiro atoms. The normalized spacial score (nSPS) is 21.7. The lowest BCUT2D eigenvalue weighted by Gasteiger charge is -2.31. The van der Waals surface area contributed by atoms with Gasteiger partial charge in [0, 0.05) is 31.9 Å². The van der Waals surface area contributed by atoms with Crippen LogP contribution in [0.1, 0.15) is 43.0 Å². The highest BCUT2D eigenvalue weighted by molar-refractivity contribution is 7.99. The van der Waals surface area contributed by atoms with Gasteiger partial charge in [-0.3, -0.25) is 0 Å². The van der Waals surface area contributed by atoms with E-state index in [4.69, 9.17) is 4.74 Å². The fourth-order valence-electron chi connectivity index (χ4n) is 4.10. The fraction of sp³-hybridized carbons (Fsp3) is 0.619. The van der Waals surface area contributed by atoms with Gasteiger partial charge in [0.2, 0.25) is 0 Å². The molecule has 3 heterocycles. The number of likely N-dealkylation sites (tertiary alicyclic amines) is 1. The standard InChI is InChI=1S/C21H30N4OS/c1-24-20(22-23-21(24)27-16-19-8-5-15-26-19)18-10-13-25(14-11-18)12-9-17-6-3-2-4-7-17/h2-4,6-7,18-19H,5,8-16H2,1H3/t19-/m0/s1. The van der Waals surface area contributed by atoms with Gasteiger partial charge in [0.05, 0.1) is 6.10 Å². The third-order valence-corrected chi connectivity index (χ3v) is 6.96.